The van der Waals surface area contributed by atoms with Crippen molar-refractivity contribution in [3.63, 3.8) is 0 Å². The number of esters is 1. The standard InChI is InChI=1S/C19H17N3O8/c23-17(21-13-4-5-15-16(9-13)29-7-6-28-15)11-30-18(24)10-20-19(25)12-2-1-3-14(8-12)22(26)27/h1-5,8-9H,6-7,10-11H2,(H,20,25)(H,21,23). The normalized spacial score (nSPS) is 11.9. The highest BCUT2D eigenvalue weighted by molar-refractivity contribution is 5.97. The van der Waals surface area contributed by atoms with Crippen LogP contribution in [0.15, 0.2) is 42.5 Å². The molecule has 0 atom stereocenters. The third kappa shape index (κ3) is 5.44. The van der Waals surface area contributed by atoms with Gasteiger partial charge < -0.3 is 24.8 Å². The molecule has 0 radical (unpaired) electrons. The van der Waals surface area contributed by atoms with Crippen LogP contribution in [0.5, 0.6) is 11.5 Å². The maximum Gasteiger partial charge on any atom is 0.325 e. The van der Waals surface area contributed by atoms with Gasteiger partial charge in [-0.3, -0.25) is 24.5 Å². The number of carbonyl (C=O) groups excluding carboxylic acids is 3. The lowest BCUT2D eigenvalue weighted by Crippen LogP contribution is -2.32. The van der Waals surface area contributed by atoms with Gasteiger partial charge in [0.25, 0.3) is 17.5 Å². The number of non-ortho nitro benzene ring substituents is 1. The predicted octanol–water partition coefficient (Wildman–Crippen LogP) is 1.28. The Balaban J connectivity index is 1.43. The number of nitrogens with one attached hydrogen (secondary N) is 2. The van der Waals surface area contributed by atoms with E-state index in [1.54, 1.807) is 18.2 Å². The Bertz CT molecular complexity index is 991. The second kappa shape index (κ2) is 9.37. The molecule has 2 aromatic carbocycles. The fourth-order valence-corrected chi connectivity index (χ4v) is 2.53. The quantitative estimate of drug-likeness (QED) is 0.391. The second-order valence-electron chi connectivity index (χ2n) is 6.06. The average molecular weight is 415 g/mol. The van der Waals surface area contributed by atoms with Crippen molar-refractivity contribution in [3.8, 4) is 11.5 Å². The zero-order chi connectivity index (χ0) is 21.5. The minimum Gasteiger partial charge on any atom is -0.486 e. The van der Waals surface area contributed by atoms with Crippen LogP contribution >= 0.6 is 0 Å². The molecule has 2 aromatic rings. The lowest BCUT2D eigenvalue weighted by atomic mass is 10.2. The summed E-state index contributed by atoms with van der Waals surface area (Å²) in [6.07, 6.45) is 0. The minimum atomic E-state index is -0.842. The van der Waals surface area contributed by atoms with E-state index in [1.165, 1.54) is 18.2 Å². The Morgan fingerprint density at radius 3 is 2.60 bits per heavy atom. The van der Waals surface area contributed by atoms with Crippen molar-refractivity contribution in [1.82, 2.24) is 5.32 Å². The summed E-state index contributed by atoms with van der Waals surface area (Å²) in [4.78, 5) is 45.8. The summed E-state index contributed by atoms with van der Waals surface area (Å²) in [5, 5.41) is 15.6. The topological polar surface area (TPSA) is 146 Å². The Morgan fingerprint density at radius 2 is 1.83 bits per heavy atom. The molecule has 30 heavy (non-hydrogen) atoms. The van der Waals surface area contributed by atoms with Gasteiger partial charge in [0.2, 0.25) is 0 Å². The first-order chi connectivity index (χ1) is 14.4. The van der Waals surface area contributed by atoms with Crippen LogP contribution in [0, 0.1) is 10.1 Å². The van der Waals surface area contributed by atoms with E-state index in [-0.39, 0.29) is 11.3 Å². The van der Waals surface area contributed by atoms with Crippen LogP contribution in [-0.2, 0) is 14.3 Å². The van der Waals surface area contributed by atoms with Crippen molar-refractivity contribution in [2.75, 3.05) is 31.7 Å². The van der Waals surface area contributed by atoms with Crippen LogP contribution in [0.25, 0.3) is 0 Å². The number of nitro groups is 1. The number of hydrogen-bond acceptors (Lipinski definition) is 8. The van der Waals surface area contributed by atoms with E-state index in [0.29, 0.717) is 30.4 Å². The molecule has 1 heterocycles. The van der Waals surface area contributed by atoms with Crippen molar-refractivity contribution in [2.24, 2.45) is 0 Å². The highest BCUT2D eigenvalue weighted by atomic mass is 16.6. The van der Waals surface area contributed by atoms with Gasteiger partial charge in [-0.05, 0) is 18.2 Å². The molecule has 3 rings (SSSR count). The van der Waals surface area contributed by atoms with Gasteiger partial charge in [-0.1, -0.05) is 6.07 Å². The first-order valence-electron chi connectivity index (χ1n) is 8.80. The van der Waals surface area contributed by atoms with E-state index in [1.807, 2.05) is 0 Å². The lowest BCUT2D eigenvalue weighted by Gasteiger charge is -2.19. The summed E-state index contributed by atoms with van der Waals surface area (Å²) in [6.45, 7) is -0.199. The maximum atomic E-state index is 12.0. The Hall–Kier alpha value is -4.15. The smallest absolute Gasteiger partial charge is 0.325 e. The Labute approximate surface area is 170 Å². The van der Waals surface area contributed by atoms with Crippen LogP contribution in [-0.4, -0.2) is 49.1 Å². The predicted molar refractivity (Wildman–Crippen MR) is 102 cm³/mol. The van der Waals surface area contributed by atoms with E-state index in [2.05, 4.69) is 10.6 Å². The van der Waals surface area contributed by atoms with Gasteiger partial charge in [-0.25, -0.2) is 0 Å². The first-order valence-corrected chi connectivity index (χ1v) is 8.80. The summed E-state index contributed by atoms with van der Waals surface area (Å²) in [5.74, 6) is -1.03. The molecule has 11 nitrogen and oxygen atoms in total. The summed E-state index contributed by atoms with van der Waals surface area (Å²) in [7, 11) is 0. The molecule has 11 heteroatoms. The van der Waals surface area contributed by atoms with Gasteiger partial charge in [-0.15, -0.1) is 0 Å². The largest absolute Gasteiger partial charge is 0.486 e. The molecule has 1 aliphatic heterocycles. The van der Waals surface area contributed by atoms with Gasteiger partial charge >= 0.3 is 5.97 Å². The van der Waals surface area contributed by atoms with Crippen molar-refractivity contribution in [2.45, 2.75) is 0 Å². The summed E-state index contributed by atoms with van der Waals surface area (Å²) < 4.78 is 15.6. The van der Waals surface area contributed by atoms with E-state index in [0.717, 1.165) is 6.07 Å². The van der Waals surface area contributed by atoms with E-state index in [9.17, 15) is 24.5 Å². The molecule has 0 unspecified atom stereocenters. The minimum absolute atomic E-state index is 0.0216. The molecule has 2 N–H and O–H groups in total. The molecule has 1 aliphatic rings. The fourth-order valence-electron chi connectivity index (χ4n) is 2.53. The lowest BCUT2D eigenvalue weighted by molar-refractivity contribution is -0.384. The fraction of sp³-hybridized carbons (Fsp3) is 0.211. The average Bonchev–Trinajstić information content (AvgIpc) is 2.76. The molecule has 0 aliphatic carbocycles. The number of nitrogens with zero attached hydrogens (tertiary/aromatic N) is 1. The van der Waals surface area contributed by atoms with Crippen molar-refractivity contribution >= 4 is 29.2 Å². The molecular formula is C19H17N3O8. The van der Waals surface area contributed by atoms with Crippen LogP contribution < -0.4 is 20.1 Å². The van der Waals surface area contributed by atoms with E-state index >= 15 is 0 Å². The molecule has 0 fully saturated rings. The Morgan fingerprint density at radius 1 is 1.07 bits per heavy atom. The van der Waals surface area contributed by atoms with Crippen LogP contribution in [0.2, 0.25) is 0 Å². The second-order valence-corrected chi connectivity index (χ2v) is 6.06. The highest BCUT2D eigenvalue weighted by Crippen LogP contribution is 2.32. The number of anilines is 1. The summed E-state index contributed by atoms with van der Waals surface area (Å²) in [5.41, 5.74) is 0.216. The van der Waals surface area contributed by atoms with Crippen LogP contribution in [0.3, 0.4) is 0 Å². The molecule has 0 aromatic heterocycles. The van der Waals surface area contributed by atoms with Crippen molar-refractivity contribution in [1.29, 1.82) is 0 Å². The zero-order valence-corrected chi connectivity index (χ0v) is 15.6. The number of benzene rings is 2. The van der Waals surface area contributed by atoms with Crippen molar-refractivity contribution in [3.05, 3.63) is 58.1 Å². The molecular weight excluding hydrogens is 398 g/mol. The summed E-state index contributed by atoms with van der Waals surface area (Å²) in [6, 6.07) is 9.91. The molecule has 0 spiro atoms. The van der Waals surface area contributed by atoms with Gasteiger partial charge in [0, 0.05) is 29.4 Å². The van der Waals surface area contributed by atoms with Crippen molar-refractivity contribution < 1.29 is 33.5 Å². The number of amides is 2. The van der Waals surface area contributed by atoms with Crippen LogP contribution in [0.1, 0.15) is 10.4 Å². The first kappa shape index (κ1) is 20.6. The third-order valence-electron chi connectivity index (χ3n) is 3.90. The zero-order valence-electron chi connectivity index (χ0n) is 15.6. The molecule has 2 amide bonds. The van der Waals surface area contributed by atoms with Gasteiger partial charge in [0.1, 0.15) is 19.8 Å². The number of ether oxygens (including phenoxy) is 3. The molecule has 0 saturated carbocycles. The van der Waals surface area contributed by atoms with Gasteiger partial charge in [0.15, 0.2) is 18.1 Å². The van der Waals surface area contributed by atoms with Crippen LogP contribution in [0.4, 0.5) is 11.4 Å². The maximum absolute atomic E-state index is 12.0. The number of hydrogen-bond donors (Lipinski definition) is 2. The Kier molecular flexibility index (Phi) is 6.42. The molecule has 0 bridgehead atoms. The number of nitro benzene ring substituents is 1. The highest BCUT2D eigenvalue weighted by Gasteiger charge is 2.15. The number of carbonyl (C=O) groups is 3. The molecule has 0 saturated heterocycles. The molecule has 156 valence electrons. The summed E-state index contributed by atoms with van der Waals surface area (Å²) >= 11 is 0. The van der Waals surface area contributed by atoms with E-state index in [4.69, 9.17) is 14.2 Å². The van der Waals surface area contributed by atoms with Gasteiger partial charge in [-0.2, -0.15) is 0 Å². The van der Waals surface area contributed by atoms with E-state index < -0.39 is 35.9 Å². The number of rotatable bonds is 7. The number of fused-ring (bicyclic) bond motifs is 1. The SMILES string of the molecule is O=C(COC(=O)CNC(=O)c1cccc([N+](=O)[O-])c1)Nc1ccc2c(c1)OCCO2. The van der Waals surface area contributed by atoms with Gasteiger partial charge in [0.05, 0.1) is 4.92 Å². The third-order valence-corrected chi connectivity index (χ3v) is 3.90. The monoisotopic (exact) mass is 415 g/mol.